The molecule has 0 atom stereocenters. The number of anilines is 1. The molecule has 0 aliphatic heterocycles. The molecule has 0 amide bonds. The molecular formula is C19H20N2O4S3. The predicted molar refractivity (Wildman–Crippen MR) is 114 cm³/mol. The minimum atomic E-state index is -4.04. The van der Waals surface area contributed by atoms with Crippen LogP contribution in [0.5, 0.6) is 0 Å². The van der Waals surface area contributed by atoms with Gasteiger partial charge >= 0.3 is 0 Å². The lowest BCUT2D eigenvalue weighted by Crippen LogP contribution is -2.22. The molecule has 6 nitrogen and oxygen atoms in total. The van der Waals surface area contributed by atoms with Gasteiger partial charge in [0.25, 0.3) is 0 Å². The Morgan fingerprint density at radius 3 is 2.21 bits per heavy atom. The van der Waals surface area contributed by atoms with Crippen LogP contribution in [-0.4, -0.2) is 22.1 Å². The lowest BCUT2D eigenvalue weighted by molar-refractivity contribution is 0.592. The number of hydrogen-bond donors (Lipinski definition) is 2. The van der Waals surface area contributed by atoms with Gasteiger partial charge in [-0.15, -0.1) is 11.3 Å². The van der Waals surface area contributed by atoms with Gasteiger partial charge in [0, 0.05) is 5.56 Å². The smallest absolute Gasteiger partial charge is 0.238 e. The fourth-order valence-corrected chi connectivity index (χ4v) is 5.13. The van der Waals surface area contributed by atoms with E-state index in [2.05, 4.69) is 4.72 Å². The van der Waals surface area contributed by atoms with Gasteiger partial charge in [0.2, 0.25) is 20.0 Å². The van der Waals surface area contributed by atoms with Crippen LogP contribution in [0.25, 0.3) is 21.6 Å². The third kappa shape index (κ3) is 4.27. The summed E-state index contributed by atoms with van der Waals surface area (Å²) in [5.74, 6) is 0. The molecule has 148 valence electrons. The molecule has 1 aromatic heterocycles. The van der Waals surface area contributed by atoms with Crippen LogP contribution in [0.4, 0.5) is 5.69 Å². The lowest BCUT2D eigenvalue weighted by atomic mass is 10.0. The van der Waals surface area contributed by atoms with Gasteiger partial charge < -0.3 is 0 Å². The van der Waals surface area contributed by atoms with Crippen molar-refractivity contribution in [2.45, 2.75) is 24.0 Å². The molecule has 0 spiro atoms. The Bertz CT molecular complexity index is 1200. The quantitative estimate of drug-likeness (QED) is 0.611. The van der Waals surface area contributed by atoms with Gasteiger partial charge in [0.15, 0.2) is 0 Å². The van der Waals surface area contributed by atoms with Gasteiger partial charge in [-0.1, -0.05) is 42.5 Å². The normalized spacial score (nSPS) is 12.3. The molecule has 0 aliphatic carbocycles. The fraction of sp³-hybridized carbons (Fsp3) is 0.158. The summed E-state index contributed by atoms with van der Waals surface area (Å²) in [4.78, 5) is 0.439. The van der Waals surface area contributed by atoms with E-state index in [9.17, 15) is 16.8 Å². The lowest BCUT2D eigenvalue weighted by Gasteiger charge is -2.14. The molecule has 9 heteroatoms. The van der Waals surface area contributed by atoms with E-state index in [1.165, 1.54) is 17.4 Å². The predicted octanol–water partition coefficient (Wildman–Crippen LogP) is 3.88. The summed E-state index contributed by atoms with van der Waals surface area (Å²) in [6, 6.07) is 15.9. The first kappa shape index (κ1) is 20.5. The van der Waals surface area contributed by atoms with E-state index in [4.69, 9.17) is 5.14 Å². The van der Waals surface area contributed by atoms with Gasteiger partial charge in [-0.25, -0.2) is 22.0 Å². The topological polar surface area (TPSA) is 106 Å². The molecule has 3 N–H and O–H groups in total. The van der Waals surface area contributed by atoms with E-state index in [-0.39, 0.29) is 4.90 Å². The first-order chi connectivity index (χ1) is 13.1. The van der Waals surface area contributed by atoms with Crippen LogP contribution in [0.1, 0.15) is 13.8 Å². The molecule has 3 rings (SSSR count). The van der Waals surface area contributed by atoms with Crippen molar-refractivity contribution in [3.8, 4) is 21.6 Å². The minimum absolute atomic E-state index is 0.0544. The minimum Gasteiger partial charge on any atom is -0.282 e. The summed E-state index contributed by atoms with van der Waals surface area (Å²) >= 11 is 1.24. The number of thiophene rings is 1. The first-order valence-corrected chi connectivity index (χ1v) is 12.4. The molecule has 0 saturated heterocycles. The second-order valence-corrected chi connectivity index (χ2v) is 11.2. The number of nitrogens with two attached hydrogens (primary N) is 1. The zero-order chi connectivity index (χ0) is 20.5. The summed E-state index contributed by atoms with van der Waals surface area (Å²) in [6.07, 6.45) is 0. The van der Waals surface area contributed by atoms with E-state index in [0.29, 0.717) is 21.7 Å². The summed E-state index contributed by atoms with van der Waals surface area (Å²) in [7, 11) is -7.61. The molecule has 0 fully saturated rings. The van der Waals surface area contributed by atoms with Crippen molar-refractivity contribution in [1.82, 2.24) is 0 Å². The third-order valence-corrected chi connectivity index (χ3v) is 7.82. The molecule has 0 radical (unpaired) electrons. The van der Waals surface area contributed by atoms with Gasteiger partial charge in [-0.3, -0.25) is 4.72 Å². The van der Waals surface area contributed by atoms with Crippen LogP contribution >= 0.6 is 11.3 Å². The number of benzene rings is 2. The molecular weight excluding hydrogens is 416 g/mol. The SMILES string of the molecule is CC(C)S(=O)(=O)Nc1ccsc1-c1ccc(-c2ccccc2)cc1S(N)(=O)=O. The van der Waals surface area contributed by atoms with Crippen molar-refractivity contribution < 1.29 is 16.8 Å². The van der Waals surface area contributed by atoms with Crippen molar-refractivity contribution in [3.05, 3.63) is 60.0 Å². The van der Waals surface area contributed by atoms with E-state index >= 15 is 0 Å². The zero-order valence-electron chi connectivity index (χ0n) is 15.3. The van der Waals surface area contributed by atoms with Crippen LogP contribution < -0.4 is 9.86 Å². The molecule has 1 heterocycles. The van der Waals surface area contributed by atoms with Crippen LogP contribution in [0.15, 0.2) is 64.9 Å². The Kier molecular flexibility index (Phi) is 5.62. The number of nitrogens with one attached hydrogen (secondary N) is 1. The van der Waals surface area contributed by atoms with E-state index in [1.54, 1.807) is 37.4 Å². The van der Waals surface area contributed by atoms with E-state index in [1.807, 2.05) is 30.3 Å². The molecule has 0 bridgehead atoms. The fourth-order valence-electron chi connectivity index (χ4n) is 2.62. The maximum absolute atomic E-state index is 12.3. The first-order valence-electron chi connectivity index (χ1n) is 8.41. The Hall–Kier alpha value is -2.20. The molecule has 28 heavy (non-hydrogen) atoms. The molecule has 0 unspecified atom stereocenters. The van der Waals surface area contributed by atoms with Crippen molar-refractivity contribution >= 4 is 37.1 Å². The molecule has 0 aliphatic rings. The average molecular weight is 437 g/mol. The highest BCUT2D eigenvalue weighted by atomic mass is 32.2. The largest absolute Gasteiger partial charge is 0.282 e. The van der Waals surface area contributed by atoms with Crippen molar-refractivity contribution in [2.75, 3.05) is 4.72 Å². The highest BCUT2D eigenvalue weighted by Crippen LogP contribution is 2.39. The average Bonchev–Trinajstić information content (AvgIpc) is 3.08. The Labute approximate surface area is 169 Å². The summed E-state index contributed by atoms with van der Waals surface area (Å²) in [5.41, 5.74) is 2.25. The van der Waals surface area contributed by atoms with Crippen molar-refractivity contribution in [3.63, 3.8) is 0 Å². The number of primary sulfonamides is 1. The summed E-state index contributed by atoms with van der Waals surface area (Å²) in [5, 5.41) is 6.55. The maximum atomic E-state index is 12.3. The monoisotopic (exact) mass is 436 g/mol. The number of sulfonamides is 2. The number of hydrogen-bond acceptors (Lipinski definition) is 5. The van der Waals surface area contributed by atoms with Gasteiger partial charge in [-0.2, -0.15) is 0 Å². The van der Waals surface area contributed by atoms with E-state index in [0.717, 1.165) is 5.56 Å². The second kappa shape index (κ2) is 7.67. The van der Waals surface area contributed by atoms with Gasteiger partial charge in [0.05, 0.1) is 20.7 Å². The Morgan fingerprint density at radius 2 is 1.61 bits per heavy atom. The van der Waals surface area contributed by atoms with Crippen LogP contribution in [0.3, 0.4) is 0 Å². The standard InChI is InChI=1S/C19H20N2O4S3/c1-13(2)28(24,25)21-17-10-11-26-19(17)16-9-8-15(12-18(16)27(20,22)23)14-6-4-3-5-7-14/h3-13,21H,1-2H3,(H2,20,22,23). The zero-order valence-corrected chi connectivity index (χ0v) is 17.7. The summed E-state index contributed by atoms with van der Waals surface area (Å²) in [6.45, 7) is 3.14. The molecule has 3 aromatic rings. The van der Waals surface area contributed by atoms with Crippen molar-refractivity contribution in [2.24, 2.45) is 5.14 Å². The van der Waals surface area contributed by atoms with Crippen molar-refractivity contribution in [1.29, 1.82) is 0 Å². The number of rotatable bonds is 6. The molecule has 2 aromatic carbocycles. The molecule has 0 saturated carbocycles. The Balaban J connectivity index is 2.15. The van der Waals surface area contributed by atoms with Gasteiger partial charge in [0.1, 0.15) is 0 Å². The van der Waals surface area contributed by atoms with Crippen LogP contribution in [-0.2, 0) is 20.0 Å². The highest BCUT2D eigenvalue weighted by Gasteiger charge is 2.23. The second-order valence-electron chi connectivity index (χ2n) is 6.48. The van der Waals surface area contributed by atoms with E-state index < -0.39 is 25.3 Å². The Morgan fingerprint density at radius 1 is 0.929 bits per heavy atom. The maximum Gasteiger partial charge on any atom is 0.238 e. The van der Waals surface area contributed by atoms with Crippen LogP contribution in [0.2, 0.25) is 0 Å². The highest BCUT2D eigenvalue weighted by molar-refractivity contribution is 7.93. The summed E-state index contributed by atoms with van der Waals surface area (Å²) < 4.78 is 51.6. The third-order valence-electron chi connectivity index (χ3n) is 4.18. The van der Waals surface area contributed by atoms with Crippen LogP contribution in [0, 0.1) is 0 Å². The van der Waals surface area contributed by atoms with Gasteiger partial charge in [-0.05, 0) is 42.5 Å².